The Labute approximate surface area is 380 Å². The number of rotatable bonds is 14. The Morgan fingerprint density at radius 3 is 2.55 bits per heavy atom. The second kappa shape index (κ2) is 18.8. The Kier molecular flexibility index (Phi) is 12.7. The lowest BCUT2D eigenvalue weighted by molar-refractivity contribution is -0.121. The van der Waals surface area contributed by atoms with E-state index in [1.807, 2.05) is 59.8 Å². The number of benzene rings is 2. The van der Waals surface area contributed by atoms with E-state index in [-0.39, 0.29) is 29.9 Å². The zero-order chi connectivity index (χ0) is 45.2. The zero-order valence-electron chi connectivity index (χ0n) is 38.0. The molecule has 0 bridgehead atoms. The van der Waals surface area contributed by atoms with Crippen molar-refractivity contribution in [1.29, 1.82) is 0 Å². The number of H-pyrrole nitrogens is 1. The molecule has 4 atom stereocenters. The summed E-state index contributed by atoms with van der Waals surface area (Å²) in [6.45, 7) is 11.8. The number of nitrogens with zero attached hydrogens (tertiary/aromatic N) is 7. The largest absolute Gasteiger partial charge is 0.453 e. The van der Waals surface area contributed by atoms with Gasteiger partial charge in [0.1, 0.15) is 24.2 Å². The van der Waals surface area contributed by atoms with Crippen LogP contribution in [0.4, 0.5) is 9.59 Å². The quantitative estimate of drug-likeness (QED) is 0.0793. The summed E-state index contributed by atoms with van der Waals surface area (Å²) in [4.78, 5) is 64.2. The number of imidazole rings is 2. The van der Waals surface area contributed by atoms with Crippen LogP contribution in [0.3, 0.4) is 0 Å². The second-order valence-electron chi connectivity index (χ2n) is 18.8. The van der Waals surface area contributed by atoms with Crippen molar-refractivity contribution in [3.8, 4) is 33.8 Å². The molecule has 2 aromatic carbocycles. The van der Waals surface area contributed by atoms with Crippen LogP contribution in [0.15, 0.2) is 73.3 Å². The number of amides is 2. The van der Waals surface area contributed by atoms with Crippen LogP contribution in [0.5, 0.6) is 0 Å². The molecule has 6 aromatic rings. The van der Waals surface area contributed by atoms with Gasteiger partial charge in [0.2, 0.25) is 0 Å². The molecular weight excluding hydrogens is 839 g/mol. The van der Waals surface area contributed by atoms with Crippen molar-refractivity contribution in [1.82, 2.24) is 44.3 Å². The smallest absolute Gasteiger partial charge is 0.410 e. The van der Waals surface area contributed by atoms with E-state index >= 15 is 0 Å². The maximum absolute atomic E-state index is 13.9. The van der Waals surface area contributed by atoms with Gasteiger partial charge in [-0.15, -0.1) is 0 Å². The fourth-order valence-electron chi connectivity index (χ4n) is 9.56. The van der Waals surface area contributed by atoms with Crippen molar-refractivity contribution < 1.29 is 28.6 Å². The molecule has 1 aliphatic carbocycles. The molecule has 1 fully saturated rings. The van der Waals surface area contributed by atoms with Crippen molar-refractivity contribution in [3.05, 3.63) is 96.2 Å². The van der Waals surface area contributed by atoms with Gasteiger partial charge in [-0.05, 0) is 67.5 Å². The number of ether oxygens (including phenoxy) is 3. The fourth-order valence-corrected chi connectivity index (χ4v) is 10.3. The van der Waals surface area contributed by atoms with Crippen LogP contribution >= 0.6 is 0 Å². The highest BCUT2D eigenvalue weighted by Gasteiger charge is 2.42. The first-order chi connectivity index (χ1) is 31.5. The number of methoxy groups -OCH3 is 1. The van der Waals surface area contributed by atoms with Crippen molar-refractivity contribution in [2.75, 3.05) is 26.9 Å². The summed E-state index contributed by atoms with van der Waals surface area (Å²) in [7, 11) is 0.0426. The third-order valence-corrected chi connectivity index (χ3v) is 14.8. The third kappa shape index (κ3) is 9.37. The normalized spacial score (nSPS) is 19.6. The van der Waals surface area contributed by atoms with E-state index in [1.54, 1.807) is 6.20 Å². The summed E-state index contributed by atoms with van der Waals surface area (Å²) in [6, 6.07) is 16.9. The molecule has 65 heavy (non-hydrogen) atoms. The van der Waals surface area contributed by atoms with Gasteiger partial charge in [-0.25, -0.2) is 24.5 Å². The molecule has 6 heterocycles. The highest BCUT2D eigenvalue weighted by atomic mass is 28.3. The van der Waals surface area contributed by atoms with E-state index in [0.717, 1.165) is 106 Å². The van der Waals surface area contributed by atoms with Gasteiger partial charge in [-0.3, -0.25) is 14.7 Å². The molecule has 340 valence electrons. The molecule has 16 heteroatoms. The Morgan fingerprint density at radius 1 is 0.938 bits per heavy atom. The van der Waals surface area contributed by atoms with E-state index in [1.165, 1.54) is 7.11 Å². The Morgan fingerprint density at radius 2 is 1.75 bits per heavy atom. The Hall–Kier alpha value is -6.13. The number of alkyl carbamates (subject to hydrolysis) is 1. The van der Waals surface area contributed by atoms with Gasteiger partial charge < -0.3 is 33.6 Å². The number of unbranched alkanes of at least 4 members (excludes halogenated alkanes) is 1. The molecule has 2 unspecified atom stereocenters. The molecule has 9 rings (SSSR count). The predicted octanol–water partition coefficient (Wildman–Crippen LogP) is 9.25. The summed E-state index contributed by atoms with van der Waals surface area (Å²) in [5.41, 5.74) is 9.02. The lowest BCUT2D eigenvalue weighted by atomic mass is 9.79. The van der Waals surface area contributed by atoms with Crippen LogP contribution in [0.1, 0.15) is 86.2 Å². The Balaban J connectivity index is 0.913. The first-order valence-electron chi connectivity index (χ1n) is 23.0. The molecule has 2 N–H and O–H groups in total. The number of Topliss-reactive ketones (excluding diaryl/α,β-unsaturated/α-hetero) is 1. The maximum Gasteiger partial charge on any atom is 0.410 e. The SMILES string of the molecule is CCCCOC(=O)N1CCCC1c1ncc(-c2ccc3nc(-c4ccc(-c5cnc([C@H]6CC(=O)C7c8c(ccn8C6)CC[C@@H]7NC(=O)OC)[nH]5)cc4)cnc3c2)n1COCC[Si](C)(C)C. The van der Waals surface area contributed by atoms with Crippen molar-refractivity contribution in [2.45, 2.75) is 115 Å². The number of carbonyl (C=O) groups excluding carboxylic acids is 3. The number of aromatic nitrogens is 7. The van der Waals surface area contributed by atoms with Crippen molar-refractivity contribution in [2.24, 2.45) is 0 Å². The molecular formula is C49H59N9O6Si. The number of fused-ring (bicyclic) bond motifs is 1. The van der Waals surface area contributed by atoms with E-state index in [2.05, 4.69) is 58.3 Å². The van der Waals surface area contributed by atoms with Crippen LogP contribution in [-0.2, 0) is 38.7 Å². The molecule has 3 aliphatic rings. The summed E-state index contributed by atoms with van der Waals surface area (Å²) in [6.07, 6.45) is 12.1. The average Bonchev–Trinajstić information content (AvgIpc) is 4.13. The number of hydrogen-bond acceptors (Lipinski definition) is 10. The molecule has 2 aliphatic heterocycles. The topological polar surface area (TPSA) is 171 Å². The van der Waals surface area contributed by atoms with Crippen LogP contribution < -0.4 is 5.32 Å². The number of ketones is 1. The summed E-state index contributed by atoms with van der Waals surface area (Å²) < 4.78 is 21.1. The minimum atomic E-state index is -1.30. The van der Waals surface area contributed by atoms with E-state index in [9.17, 15) is 14.4 Å². The minimum Gasteiger partial charge on any atom is -0.453 e. The molecule has 0 saturated carbocycles. The highest BCUT2D eigenvalue weighted by molar-refractivity contribution is 6.76. The first-order valence-corrected chi connectivity index (χ1v) is 26.7. The van der Waals surface area contributed by atoms with Gasteiger partial charge in [0.15, 0.2) is 0 Å². The minimum absolute atomic E-state index is 0.0946. The number of nitrogens with one attached hydrogen (secondary N) is 2. The van der Waals surface area contributed by atoms with Gasteiger partial charge >= 0.3 is 12.2 Å². The van der Waals surface area contributed by atoms with E-state index in [4.69, 9.17) is 34.1 Å². The van der Waals surface area contributed by atoms with E-state index < -0.39 is 20.1 Å². The van der Waals surface area contributed by atoms with Gasteiger partial charge in [0, 0.05) is 69.2 Å². The number of carbonyl (C=O) groups is 3. The van der Waals surface area contributed by atoms with Gasteiger partial charge in [-0.1, -0.05) is 63.3 Å². The highest BCUT2D eigenvalue weighted by Crippen LogP contribution is 2.40. The van der Waals surface area contributed by atoms with Gasteiger partial charge in [0.05, 0.1) is 72.4 Å². The lowest BCUT2D eigenvalue weighted by Gasteiger charge is -2.31. The maximum atomic E-state index is 13.9. The molecule has 0 spiro atoms. The number of hydrogen-bond donors (Lipinski definition) is 2. The fraction of sp³-hybridized carbons (Fsp3) is 0.449. The van der Waals surface area contributed by atoms with Crippen LogP contribution in [0, 0.1) is 0 Å². The number of aryl methyl sites for hydroxylation is 1. The average molecular weight is 898 g/mol. The summed E-state index contributed by atoms with van der Waals surface area (Å²) >= 11 is 0. The summed E-state index contributed by atoms with van der Waals surface area (Å²) in [5.74, 6) is 1.08. The predicted molar refractivity (Wildman–Crippen MR) is 250 cm³/mol. The van der Waals surface area contributed by atoms with Crippen LogP contribution in [0.2, 0.25) is 25.7 Å². The lowest BCUT2D eigenvalue weighted by Crippen LogP contribution is -2.44. The summed E-state index contributed by atoms with van der Waals surface area (Å²) in [5, 5.41) is 2.92. The second-order valence-corrected chi connectivity index (χ2v) is 24.4. The molecule has 2 amide bonds. The molecule has 1 saturated heterocycles. The van der Waals surface area contributed by atoms with Crippen molar-refractivity contribution >= 4 is 37.1 Å². The Bertz CT molecular complexity index is 2680. The van der Waals surface area contributed by atoms with Crippen LogP contribution in [-0.4, -0.2) is 97.9 Å². The monoisotopic (exact) mass is 897 g/mol. The molecule has 4 aromatic heterocycles. The standard InChI is InChI=1S/C49H59N9O6Si/c1-6-7-21-64-49(61)57-19-8-9-41(57)47-52-28-42(58(47)30-63-22-23-65(3,4)5)34-15-16-36-38(24-34)50-26-39(53-36)31-10-12-32(13-11-31)40-27-51-46(54-40)35-25-43(59)44-37(55-48(60)62-2)17-14-33-18-20-56(29-35)45(33)44/h10-13,15-16,18,20,24,26-28,35,37,41,44H,6-9,14,17,19,21-23,25,29-30H2,1-5H3,(H,51,54)(H,55,60)/t35-,37-,41?,44?/m0/s1. The molecule has 15 nitrogen and oxygen atoms in total. The number of likely N-dealkylation sites (tertiary alicyclic amines) is 1. The van der Waals surface area contributed by atoms with Crippen molar-refractivity contribution in [3.63, 3.8) is 0 Å². The third-order valence-electron chi connectivity index (χ3n) is 13.1. The number of aromatic amines is 1. The zero-order valence-corrected chi connectivity index (χ0v) is 39.0. The molecule has 0 radical (unpaired) electrons. The van der Waals surface area contributed by atoms with Gasteiger partial charge in [0.25, 0.3) is 0 Å². The van der Waals surface area contributed by atoms with E-state index in [0.29, 0.717) is 45.9 Å². The van der Waals surface area contributed by atoms with Crippen LogP contribution in [0.25, 0.3) is 44.8 Å². The van der Waals surface area contributed by atoms with Gasteiger partial charge in [-0.2, -0.15) is 0 Å². The first kappa shape index (κ1) is 44.1.